The highest BCUT2D eigenvalue weighted by Gasteiger charge is 2.37. The molecule has 0 aromatic heterocycles. The number of carbonyl (C=O) groups is 2. The average molecular weight is 567 g/mol. The van der Waals surface area contributed by atoms with Crippen molar-refractivity contribution in [2.45, 2.75) is 19.3 Å². The van der Waals surface area contributed by atoms with E-state index in [9.17, 15) is 35.9 Å². The number of alkyl halides is 6. The summed E-state index contributed by atoms with van der Waals surface area (Å²) in [5.74, 6) is -1.29. The minimum Gasteiger partial charge on any atom is -0.493 e. The van der Waals surface area contributed by atoms with Crippen LogP contribution in [0.1, 0.15) is 22.3 Å². The molecule has 212 valence electrons. The molecule has 0 saturated carbocycles. The highest BCUT2D eigenvalue weighted by Crippen LogP contribution is 2.37. The number of hydrogen-bond acceptors (Lipinski definition) is 5. The van der Waals surface area contributed by atoms with Gasteiger partial charge < -0.3 is 25.8 Å². The lowest BCUT2D eigenvalue weighted by atomic mass is 10.1. The minimum absolute atomic E-state index is 0.0306. The number of halogens is 6. The van der Waals surface area contributed by atoms with Gasteiger partial charge in [0.1, 0.15) is 0 Å². The van der Waals surface area contributed by atoms with Gasteiger partial charge in [-0.05, 0) is 66.6 Å². The second kappa shape index (κ2) is 12.0. The largest absolute Gasteiger partial charge is 0.493 e. The Morgan fingerprint density at radius 2 is 1.52 bits per heavy atom. The molecule has 7 nitrogen and oxygen atoms in total. The predicted molar refractivity (Wildman–Crippen MR) is 137 cm³/mol. The van der Waals surface area contributed by atoms with Crippen LogP contribution in [0, 0.1) is 6.92 Å². The molecule has 0 fully saturated rings. The van der Waals surface area contributed by atoms with E-state index in [2.05, 4.69) is 5.32 Å². The van der Waals surface area contributed by atoms with Crippen molar-refractivity contribution in [2.75, 3.05) is 30.1 Å². The number of anilines is 3. The molecule has 0 unspecified atom stereocenters. The third kappa shape index (κ3) is 8.16. The first kappa shape index (κ1) is 29.9. The predicted octanol–water partition coefficient (Wildman–Crippen LogP) is 6.29. The Bertz CT molecular complexity index is 1400. The van der Waals surface area contributed by atoms with E-state index in [1.165, 1.54) is 31.4 Å². The highest BCUT2D eigenvalue weighted by molar-refractivity contribution is 6.03. The van der Waals surface area contributed by atoms with Crippen molar-refractivity contribution in [3.63, 3.8) is 0 Å². The smallest absolute Gasteiger partial charge is 0.416 e. The van der Waals surface area contributed by atoms with Crippen LogP contribution in [-0.2, 0) is 21.9 Å². The van der Waals surface area contributed by atoms with Gasteiger partial charge in [0, 0.05) is 11.8 Å². The second-order valence-corrected chi connectivity index (χ2v) is 8.45. The fourth-order valence-electron chi connectivity index (χ4n) is 3.42. The van der Waals surface area contributed by atoms with E-state index >= 15 is 0 Å². The van der Waals surface area contributed by atoms with Crippen LogP contribution in [0.15, 0.2) is 60.7 Å². The Morgan fingerprint density at radius 1 is 0.875 bits per heavy atom. The maximum absolute atomic E-state index is 13.1. The molecule has 0 radical (unpaired) electrons. The van der Waals surface area contributed by atoms with Crippen molar-refractivity contribution in [1.82, 2.24) is 0 Å². The van der Waals surface area contributed by atoms with E-state index in [0.29, 0.717) is 29.1 Å². The summed E-state index contributed by atoms with van der Waals surface area (Å²) in [6.07, 6.45) is -7.47. The van der Waals surface area contributed by atoms with Gasteiger partial charge in [0.25, 0.3) is 5.91 Å². The number of nitrogens with one attached hydrogen (secondary N) is 2. The molecular formula is C27H23F6N3O4. The first-order chi connectivity index (χ1) is 18.7. The summed E-state index contributed by atoms with van der Waals surface area (Å²) in [6.45, 7) is 1.08. The highest BCUT2D eigenvalue weighted by atomic mass is 19.4. The standard InChI is InChI=1S/C27H23F6N3O4/c1-15-3-6-21(20(34)9-15)36-24(37)8-5-16-4-7-22(39-2)23(10-16)40-14-25(38)35-19-12-17(26(28,29)30)11-18(13-19)27(31,32)33/h3-13H,14,34H2,1-2H3,(H,35,38)(H,36,37)/b8-5+. The minimum atomic E-state index is -5.07. The molecule has 3 aromatic rings. The van der Waals surface area contributed by atoms with Gasteiger partial charge in [0.15, 0.2) is 18.1 Å². The van der Waals surface area contributed by atoms with Gasteiger partial charge in [-0.15, -0.1) is 0 Å². The third-order valence-corrected chi connectivity index (χ3v) is 5.31. The lowest BCUT2D eigenvalue weighted by Crippen LogP contribution is -2.21. The summed E-state index contributed by atoms with van der Waals surface area (Å²) >= 11 is 0. The first-order valence-electron chi connectivity index (χ1n) is 11.4. The van der Waals surface area contributed by atoms with Gasteiger partial charge in [0.2, 0.25) is 5.91 Å². The number of aryl methyl sites for hydroxylation is 1. The van der Waals surface area contributed by atoms with E-state index < -0.39 is 47.6 Å². The lowest BCUT2D eigenvalue weighted by molar-refractivity contribution is -0.143. The molecule has 13 heteroatoms. The molecule has 0 spiro atoms. The van der Waals surface area contributed by atoms with Crippen LogP contribution in [0.2, 0.25) is 0 Å². The molecule has 40 heavy (non-hydrogen) atoms. The number of hydrogen-bond donors (Lipinski definition) is 3. The fraction of sp³-hybridized carbons (Fsp3) is 0.185. The number of ether oxygens (including phenoxy) is 2. The molecule has 0 aliphatic heterocycles. The summed E-state index contributed by atoms with van der Waals surface area (Å²) < 4.78 is 88.9. The molecule has 3 rings (SSSR count). The maximum atomic E-state index is 13.1. The second-order valence-electron chi connectivity index (χ2n) is 8.45. The van der Waals surface area contributed by atoms with E-state index in [0.717, 1.165) is 5.56 Å². The van der Waals surface area contributed by atoms with Gasteiger partial charge in [-0.1, -0.05) is 12.1 Å². The van der Waals surface area contributed by atoms with Gasteiger partial charge in [-0.2, -0.15) is 26.3 Å². The van der Waals surface area contributed by atoms with Gasteiger partial charge in [-0.3, -0.25) is 9.59 Å². The molecule has 4 N–H and O–H groups in total. The lowest BCUT2D eigenvalue weighted by Gasteiger charge is -2.15. The normalized spacial score (nSPS) is 11.8. The fourth-order valence-corrected chi connectivity index (χ4v) is 3.42. The van der Waals surface area contributed by atoms with Crippen molar-refractivity contribution in [3.8, 4) is 11.5 Å². The molecular weight excluding hydrogens is 544 g/mol. The van der Waals surface area contributed by atoms with Crippen LogP contribution >= 0.6 is 0 Å². The summed E-state index contributed by atoms with van der Waals surface area (Å²) in [5.41, 5.74) is 4.22. The van der Waals surface area contributed by atoms with E-state index in [-0.39, 0.29) is 17.6 Å². The van der Waals surface area contributed by atoms with Crippen molar-refractivity contribution >= 4 is 35.0 Å². The number of rotatable bonds is 8. The Labute approximate surface area is 224 Å². The number of methoxy groups -OCH3 is 1. The molecule has 0 atom stereocenters. The molecule has 3 aromatic carbocycles. The van der Waals surface area contributed by atoms with Crippen molar-refractivity contribution < 1.29 is 45.4 Å². The first-order valence-corrected chi connectivity index (χ1v) is 11.4. The molecule has 0 aliphatic rings. The summed E-state index contributed by atoms with van der Waals surface area (Å²) in [4.78, 5) is 24.6. The molecule has 2 amide bonds. The van der Waals surface area contributed by atoms with E-state index in [4.69, 9.17) is 15.2 Å². The summed E-state index contributed by atoms with van der Waals surface area (Å²) in [5, 5.41) is 4.61. The average Bonchev–Trinajstić information content (AvgIpc) is 2.86. The van der Waals surface area contributed by atoms with Crippen LogP contribution in [0.5, 0.6) is 11.5 Å². The van der Waals surface area contributed by atoms with Crippen LogP contribution in [0.3, 0.4) is 0 Å². The maximum Gasteiger partial charge on any atom is 0.416 e. The monoisotopic (exact) mass is 567 g/mol. The quantitative estimate of drug-likeness (QED) is 0.169. The van der Waals surface area contributed by atoms with Crippen LogP contribution < -0.4 is 25.8 Å². The number of nitrogens with two attached hydrogens (primary N) is 1. The number of nitrogen functional groups attached to an aromatic ring is 1. The van der Waals surface area contributed by atoms with Gasteiger partial charge in [0.05, 0.1) is 29.6 Å². The molecule has 0 heterocycles. The topological polar surface area (TPSA) is 103 Å². The van der Waals surface area contributed by atoms with Gasteiger partial charge >= 0.3 is 12.4 Å². The van der Waals surface area contributed by atoms with Crippen molar-refractivity contribution in [1.29, 1.82) is 0 Å². The van der Waals surface area contributed by atoms with Crippen LogP contribution in [0.25, 0.3) is 6.08 Å². The number of carbonyl (C=O) groups excluding carboxylic acids is 2. The third-order valence-electron chi connectivity index (χ3n) is 5.31. The summed E-state index contributed by atoms with van der Waals surface area (Å²) in [7, 11) is 1.32. The zero-order chi connectivity index (χ0) is 29.7. The SMILES string of the molecule is COc1ccc(/C=C/C(=O)Nc2ccc(C)cc2N)cc1OCC(=O)Nc1cc(C(F)(F)F)cc(C(F)(F)F)c1. The van der Waals surface area contributed by atoms with Crippen LogP contribution in [-0.4, -0.2) is 25.5 Å². The Balaban J connectivity index is 1.70. The zero-order valence-corrected chi connectivity index (χ0v) is 21.0. The van der Waals surface area contributed by atoms with Crippen molar-refractivity contribution in [3.05, 3.63) is 82.9 Å². The molecule has 0 saturated heterocycles. The number of amides is 2. The Hall–Kier alpha value is -4.68. The van der Waals surface area contributed by atoms with Gasteiger partial charge in [-0.25, -0.2) is 0 Å². The zero-order valence-electron chi connectivity index (χ0n) is 21.0. The summed E-state index contributed by atoms with van der Waals surface area (Å²) in [6, 6.07) is 10.3. The van der Waals surface area contributed by atoms with Crippen LogP contribution in [0.4, 0.5) is 43.4 Å². The van der Waals surface area contributed by atoms with Crippen molar-refractivity contribution in [2.24, 2.45) is 0 Å². The van der Waals surface area contributed by atoms with E-state index in [1.807, 2.05) is 12.2 Å². The molecule has 0 aliphatic carbocycles. The van der Waals surface area contributed by atoms with E-state index in [1.54, 1.807) is 24.3 Å². The number of benzene rings is 3. The molecule has 0 bridgehead atoms. The Kier molecular flexibility index (Phi) is 8.97. The Morgan fingerprint density at radius 3 is 2.10 bits per heavy atom.